The Morgan fingerprint density at radius 3 is 2.52 bits per heavy atom. The molecule has 9 heteroatoms. The number of carbonyl (C=O) groups is 1. The number of ether oxygens (including phenoxy) is 3. The number of amides is 2. The summed E-state index contributed by atoms with van der Waals surface area (Å²) < 4.78 is 18.6. The Labute approximate surface area is 198 Å². The van der Waals surface area contributed by atoms with Crippen LogP contribution < -0.4 is 24.4 Å². The summed E-state index contributed by atoms with van der Waals surface area (Å²) in [6, 6.07) is 12.0. The summed E-state index contributed by atoms with van der Waals surface area (Å²) in [6.45, 7) is 6.93. The van der Waals surface area contributed by atoms with Crippen molar-refractivity contribution in [3.63, 3.8) is 0 Å². The highest BCUT2D eigenvalue weighted by Gasteiger charge is 2.27. The van der Waals surface area contributed by atoms with E-state index in [1.807, 2.05) is 24.3 Å². The molecule has 5 rings (SSSR count). The van der Waals surface area contributed by atoms with Crippen LogP contribution in [0.3, 0.4) is 0 Å². The summed E-state index contributed by atoms with van der Waals surface area (Å²) in [7, 11) is 1.73. The van der Waals surface area contributed by atoms with Crippen molar-refractivity contribution in [2.75, 3.05) is 69.8 Å². The van der Waals surface area contributed by atoms with E-state index in [0.717, 1.165) is 67.6 Å². The normalized spacial score (nSPS) is 18.0. The number of piperazine rings is 1. The van der Waals surface area contributed by atoms with Crippen molar-refractivity contribution in [2.45, 2.75) is 17.7 Å². The predicted molar refractivity (Wildman–Crippen MR) is 130 cm³/mol. The number of anilines is 2. The minimum Gasteiger partial charge on any atom is -0.495 e. The van der Waals surface area contributed by atoms with Gasteiger partial charge in [-0.2, -0.15) is 0 Å². The SMILES string of the molecule is COc1ccccc1N1CCN(CCCCN2Sc3cc4c(cc3NC2=O)OCCO4)CC1. The zero-order chi connectivity index (χ0) is 22.6. The van der Waals surface area contributed by atoms with E-state index in [0.29, 0.717) is 25.5 Å². The van der Waals surface area contributed by atoms with Gasteiger partial charge in [-0.1, -0.05) is 12.1 Å². The zero-order valence-electron chi connectivity index (χ0n) is 18.9. The second-order valence-corrected chi connectivity index (χ2v) is 9.39. The van der Waals surface area contributed by atoms with Gasteiger partial charge in [-0.05, 0) is 43.5 Å². The van der Waals surface area contributed by atoms with E-state index in [2.05, 4.69) is 27.2 Å². The minimum absolute atomic E-state index is 0.0744. The van der Waals surface area contributed by atoms with Gasteiger partial charge in [0.1, 0.15) is 19.0 Å². The fourth-order valence-corrected chi connectivity index (χ4v) is 5.38. The maximum Gasteiger partial charge on any atom is 0.332 e. The molecule has 0 spiro atoms. The van der Waals surface area contributed by atoms with Gasteiger partial charge in [0.2, 0.25) is 0 Å². The number of urea groups is 1. The van der Waals surface area contributed by atoms with Crippen LogP contribution in [0, 0.1) is 0 Å². The largest absolute Gasteiger partial charge is 0.495 e. The van der Waals surface area contributed by atoms with Crippen LogP contribution in [0.4, 0.5) is 16.2 Å². The Hall–Kier alpha value is -2.78. The molecule has 1 saturated heterocycles. The summed E-state index contributed by atoms with van der Waals surface area (Å²) >= 11 is 1.48. The number of benzene rings is 2. The van der Waals surface area contributed by atoms with Crippen molar-refractivity contribution in [2.24, 2.45) is 0 Å². The number of rotatable bonds is 7. The van der Waals surface area contributed by atoms with Crippen molar-refractivity contribution in [3.8, 4) is 17.2 Å². The number of para-hydroxylation sites is 2. The topological polar surface area (TPSA) is 66.5 Å². The molecule has 0 atom stereocenters. The molecule has 3 aliphatic rings. The highest BCUT2D eigenvalue weighted by atomic mass is 32.2. The molecule has 2 aromatic rings. The highest BCUT2D eigenvalue weighted by molar-refractivity contribution is 7.97. The molecule has 8 nitrogen and oxygen atoms in total. The lowest BCUT2D eigenvalue weighted by Crippen LogP contribution is -2.46. The number of nitrogens with zero attached hydrogens (tertiary/aromatic N) is 3. The van der Waals surface area contributed by atoms with Crippen molar-refractivity contribution >= 4 is 29.4 Å². The van der Waals surface area contributed by atoms with E-state index in [1.54, 1.807) is 11.4 Å². The first-order valence-corrected chi connectivity index (χ1v) is 12.3. The Morgan fingerprint density at radius 1 is 1.00 bits per heavy atom. The summed E-state index contributed by atoms with van der Waals surface area (Å²) in [4.78, 5) is 18.4. The molecule has 0 saturated carbocycles. The molecule has 0 aromatic heterocycles. The number of carbonyl (C=O) groups excluding carboxylic acids is 1. The van der Waals surface area contributed by atoms with Crippen LogP contribution in [-0.2, 0) is 0 Å². The van der Waals surface area contributed by atoms with Crippen LogP contribution in [0.5, 0.6) is 17.2 Å². The molecule has 0 radical (unpaired) electrons. The molecule has 0 bridgehead atoms. The van der Waals surface area contributed by atoms with Crippen LogP contribution in [-0.4, -0.2) is 74.8 Å². The van der Waals surface area contributed by atoms with E-state index in [9.17, 15) is 4.79 Å². The smallest absolute Gasteiger partial charge is 0.332 e. The van der Waals surface area contributed by atoms with Gasteiger partial charge < -0.3 is 24.4 Å². The summed E-state index contributed by atoms with van der Waals surface area (Å²) in [6.07, 6.45) is 2.03. The molecule has 2 aromatic carbocycles. The number of hydrogen-bond donors (Lipinski definition) is 1. The Bertz CT molecular complexity index is 996. The van der Waals surface area contributed by atoms with Crippen LogP contribution in [0.1, 0.15) is 12.8 Å². The van der Waals surface area contributed by atoms with Crippen molar-refractivity contribution in [3.05, 3.63) is 36.4 Å². The molecule has 33 heavy (non-hydrogen) atoms. The average Bonchev–Trinajstić information content (AvgIpc) is 2.86. The number of unbranched alkanes of at least 4 members (excludes halogenated alkanes) is 1. The fraction of sp³-hybridized carbons (Fsp3) is 0.458. The average molecular weight is 471 g/mol. The number of nitrogens with one attached hydrogen (secondary N) is 1. The van der Waals surface area contributed by atoms with E-state index >= 15 is 0 Å². The third kappa shape index (κ3) is 4.94. The third-order valence-electron chi connectivity index (χ3n) is 6.20. The van der Waals surface area contributed by atoms with Crippen molar-refractivity contribution in [1.29, 1.82) is 0 Å². The van der Waals surface area contributed by atoms with Gasteiger partial charge in [0.05, 0.1) is 23.4 Å². The molecule has 1 N–H and O–H groups in total. The first-order chi connectivity index (χ1) is 16.2. The molecule has 176 valence electrons. The summed E-state index contributed by atoms with van der Waals surface area (Å²) in [5.41, 5.74) is 1.96. The number of fused-ring (bicyclic) bond motifs is 2. The van der Waals surface area contributed by atoms with Gasteiger partial charge in [-0.25, -0.2) is 4.79 Å². The molecule has 3 aliphatic heterocycles. The van der Waals surface area contributed by atoms with Crippen molar-refractivity contribution < 1.29 is 19.0 Å². The minimum atomic E-state index is -0.0744. The second kappa shape index (κ2) is 10.0. The molecule has 1 fully saturated rings. The van der Waals surface area contributed by atoms with Gasteiger partial charge in [-0.3, -0.25) is 9.21 Å². The zero-order valence-corrected chi connectivity index (χ0v) is 19.7. The lowest BCUT2D eigenvalue weighted by atomic mass is 10.2. The molecule has 3 heterocycles. The molecule has 0 aliphatic carbocycles. The molecule has 2 amide bonds. The van der Waals surface area contributed by atoms with Crippen LogP contribution in [0.2, 0.25) is 0 Å². The van der Waals surface area contributed by atoms with Crippen LogP contribution in [0.15, 0.2) is 41.3 Å². The quantitative estimate of drug-likeness (QED) is 0.486. The standard InChI is InChI=1S/C24H30N4O4S/c1-30-20-7-3-2-6-19(20)27-12-10-26(11-13-27)8-4-5-9-28-24(29)25-18-16-21-22(17-23(18)33-28)32-15-14-31-21/h2-3,6-7,16-17H,4-5,8-15H2,1H3,(H,25,29). The Balaban J connectivity index is 1.07. The third-order valence-corrected chi connectivity index (χ3v) is 7.31. The van der Waals surface area contributed by atoms with E-state index in [-0.39, 0.29) is 6.03 Å². The van der Waals surface area contributed by atoms with Gasteiger partial charge in [-0.15, -0.1) is 0 Å². The van der Waals surface area contributed by atoms with Crippen molar-refractivity contribution in [1.82, 2.24) is 9.21 Å². The molecule has 0 unspecified atom stereocenters. The maximum absolute atomic E-state index is 12.5. The lowest BCUT2D eigenvalue weighted by Gasteiger charge is -2.36. The predicted octanol–water partition coefficient (Wildman–Crippen LogP) is 3.92. The lowest BCUT2D eigenvalue weighted by molar-refractivity contribution is 0.171. The van der Waals surface area contributed by atoms with Crippen LogP contribution in [0.25, 0.3) is 0 Å². The summed E-state index contributed by atoms with van der Waals surface area (Å²) in [5.74, 6) is 2.38. The fourth-order valence-electron chi connectivity index (χ4n) is 4.42. The monoisotopic (exact) mass is 470 g/mol. The van der Waals surface area contributed by atoms with Crippen LogP contribution >= 0.6 is 11.9 Å². The number of hydrogen-bond acceptors (Lipinski definition) is 7. The van der Waals surface area contributed by atoms with E-state index in [1.165, 1.54) is 17.6 Å². The van der Waals surface area contributed by atoms with Gasteiger partial charge in [0.25, 0.3) is 0 Å². The maximum atomic E-state index is 12.5. The Morgan fingerprint density at radius 2 is 1.73 bits per heavy atom. The highest BCUT2D eigenvalue weighted by Crippen LogP contribution is 2.43. The second-order valence-electron chi connectivity index (χ2n) is 8.32. The first kappa shape index (κ1) is 22.0. The van der Waals surface area contributed by atoms with E-state index < -0.39 is 0 Å². The number of methoxy groups -OCH3 is 1. The van der Waals surface area contributed by atoms with Gasteiger partial charge >= 0.3 is 6.03 Å². The molecular weight excluding hydrogens is 440 g/mol. The molecular formula is C24H30N4O4S. The van der Waals surface area contributed by atoms with Gasteiger partial charge in [0.15, 0.2) is 11.5 Å². The van der Waals surface area contributed by atoms with Gasteiger partial charge in [0, 0.05) is 44.9 Å². The first-order valence-electron chi connectivity index (χ1n) is 11.5. The summed E-state index contributed by atoms with van der Waals surface area (Å²) in [5, 5.41) is 2.98. The Kier molecular flexibility index (Phi) is 6.68. The van der Waals surface area contributed by atoms with E-state index in [4.69, 9.17) is 14.2 Å².